The van der Waals surface area contributed by atoms with Crippen LogP contribution in [-0.4, -0.2) is 33.2 Å². The molecule has 0 unspecified atom stereocenters. The Kier molecular flexibility index (Phi) is 5.00. The smallest absolute Gasteiger partial charge is 0.244 e. The highest BCUT2D eigenvalue weighted by molar-refractivity contribution is 5.93. The number of aryl methyl sites for hydroxylation is 1. The molecule has 3 aromatic rings. The largest absolute Gasteiger partial charge is 0.392 e. The molecule has 0 bridgehead atoms. The second-order valence-corrected chi connectivity index (χ2v) is 6.10. The summed E-state index contributed by atoms with van der Waals surface area (Å²) in [5.41, 5.74) is 3.49. The summed E-state index contributed by atoms with van der Waals surface area (Å²) >= 11 is 0. The molecule has 3 N–H and O–H groups in total. The number of aliphatic hydroxyl groups excluding tert-OH is 1. The van der Waals surface area contributed by atoms with Gasteiger partial charge in [-0.2, -0.15) is 0 Å². The van der Waals surface area contributed by atoms with Crippen LogP contribution in [0.15, 0.2) is 48.5 Å². The van der Waals surface area contributed by atoms with E-state index in [-0.39, 0.29) is 12.5 Å². The summed E-state index contributed by atoms with van der Waals surface area (Å²) in [6.07, 6.45) is -0.506. The average Bonchev–Trinajstić information content (AvgIpc) is 2.93. The number of benzene rings is 2. The van der Waals surface area contributed by atoms with E-state index in [0.29, 0.717) is 12.5 Å². The van der Waals surface area contributed by atoms with Crippen molar-refractivity contribution in [2.45, 2.75) is 26.5 Å². The van der Waals surface area contributed by atoms with E-state index in [1.807, 2.05) is 60.0 Å². The number of rotatable bonds is 6. The molecule has 0 saturated heterocycles. The first-order valence-electron chi connectivity index (χ1n) is 8.27. The highest BCUT2D eigenvalue weighted by Crippen LogP contribution is 2.20. The summed E-state index contributed by atoms with van der Waals surface area (Å²) in [6.45, 7) is 4.16. The third-order valence-corrected chi connectivity index (χ3v) is 3.93. The fraction of sp³-hybridized carbons (Fsp3) is 0.263. The first kappa shape index (κ1) is 17.0. The Morgan fingerprint density at radius 2 is 1.92 bits per heavy atom. The zero-order chi connectivity index (χ0) is 17.8. The minimum absolute atomic E-state index is 0.127. The molecule has 0 fully saturated rings. The van der Waals surface area contributed by atoms with Crippen LogP contribution in [-0.2, 0) is 11.3 Å². The second kappa shape index (κ2) is 7.36. The third-order valence-electron chi connectivity index (χ3n) is 3.93. The number of carbonyl (C=O) groups excluding carboxylic acids is 1. The molecule has 1 heterocycles. The van der Waals surface area contributed by atoms with Gasteiger partial charge in [0.25, 0.3) is 0 Å². The molecular weight excluding hydrogens is 316 g/mol. The molecule has 0 aliphatic carbocycles. The summed E-state index contributed by atoms with van der Waals surface area (Å²) in [5.74, 6) is 0.444. The van der Waals surface area contributed by atoms with Crippen molar-refractivity contribution in [2.75, 3.05) is 17.2 Å². The van der Waals surface area contributed by atoms with Gasteiger partial charge in [0.2, 0.25) is 11.9 Å². The van der Waals surface area contributed by atoms with E-state index < -0.39 is 6.10 Å². The number of hydrogen-bond acceptors (Lipinski definition) is 4. The number of fused-ring (bicyclic) bond motifs is 1. The number of nitrogens with zero attached hydrogens (tertiary/aromatic N) is 2. The van der Waals surface area contributed by atoms with E-state index in [1.54, 1.807) is 6.92 Å². The zero-order valence-corrected chi connectivity index (χ0v) is 14.4. The molecule has 1 amide bonds. The summed E-state index contributed by atoms with van der Waals surface area (Å²) in [4.78, 5) is 17.1. The Labute approximate surface area is 146 Å². The Morgan fingerprint density at radius 3 is 2.68 bits per heavy atom. The Balaban J connectivity index is 1.85. The molecule has 0 spiro atoms. The quantitative estimate of drug-likeness (QED) is 0.646. The summed E-state index contributed by atoms with van der Waals surface area (Å²) in [6, 6.07) is 15.3. The summed E-state index contributed by atoms with van der Waals surface area (Å²) in [5, 5.41) is 15.6. The second-order valence-electron chi connectivity index (χ2n) is 6.10. The average molecular weight is 338 g/mol. The number of aliphatic hydroxyl groups is 1. The van der Waals surface area contributed by atoms with Crippen molar-refractivity contribution in [3.05, 3.63) is 54.1 Å². The van der Waals surface area contributed by atoms with Crippen molar-refractivity contribution in [2.24, 2.45) is 0 Å². The molecule has 3 rings (SSSR count). The molecule has 0 aliphatic heterocycles. The van der Waals surface area contributed by atoms with Crippen molar-refractivity contribution in [3.63, 3.8) is 0 Å². The van der Waals surface area contributed by atoms with Gasteiger partial charge in [-0.1, -0.05) is 30.3 Å². The molecular formula is C19H22N4O2. The highest BCUT2D eigenvalue weighted by Gasteiger charge is 2.14. The van der Waals surface area contributed by atoms with Crippen LogP contribution >= 0.6 is 0 Å². The topological polar surface area (TPSA) is 79.2 Å². The maximum Gasteiger partial charge on any atom is 0.244 e. The van der Waals surface area contributed by atoms with Gasteiger partial charge in [0.1, 0.15) is 6.54 Å². The molecule has 130 valence electrons. The Hall–Kier alpha value is -2.86. The predicted molar refractivity (Wildman–Crippen MR) is 99.7 cm³/mol. The van der Waals surface area contributed by atoms with Crippen LogP contribution < -0.4 is 10.6 Å². The first-order chi connectivity index (χ1) is 12.0. The maximum atomic E-state index is 12.5. The van der Waals surface area contributed by atoms with Gasteiger partial charge in [-0.15, -0.1) is 0 Å². The number of aromatic nitrogens is 2. The van der Waals surface area contributed by atoms with E-state index >= 15 is 0 Å². The van der Waals surface area contributed by atoms with Crippen molar-refractivity contribution in [3.8, 4) is 0 Å². The van der Waals surface area contributed by atoms with E-state index in [4.69, 9.17) is 0 Å². The molecule has 6 heteroatoms. The monoisotopic (exact) mass is 338 g/mol. The fourth-order valence-corrected chi connectivity index (χ4v) is 2.66. The van der Waals surface area contributed by atoms with Crippen LogP contribution in [0, 0.1) is 6.92 Å². The number of imidazole rings is 1. The van der Waals surface area contributed by atoms with Crippen LogP contribution in [0.1, 0.15) is 12.5 Å². The van der Waals surface area contributed by atoms with Crippen molar-refractivity contribution < 1.29 is 9.90 Å². The summed E-state index contributed by atoms with van der Waals surface area (Å²) < 4.78 is 1.82. The number of hydrogen-bond donors (Lipinski definition) is 3. The van der Waals surface area contributed by atoms with E-state index in [9.17, 15) is 9.90 Å². The van der Waals surface area contributed by atoms with E-state index in [2.05, 4.69) is 15.6 Å². The molecule has 0 radical (unpaired) electrons. The van der Waals surface area contributed by atoms with Crippen LogP contribution in [0.25, 0.3) is 11.0 Å². The molecule has 6 nitrogen and oxygen atoms in total. The van der Waals surface area contributed by atoms with Crippen molar-refractivity contribution >= 4 is 28.6 Å². The van der Waals surface area contributed by atoms with Crippen LogP contribution in [0.3, 0.4) is 0 Å². The standard InChI is InChI=1S/C19H22N4O2/c1-13-7-3-4-8-15(13)21-18(25)12-23-17-10-6-5-9-16(17)22-19(23)20-11-14(2)24/h3-10,14,24H,11-12H2,1-2H3,(H,20,22)(H,21,25)/t14-/m1/s1. The molecule has 0 saturated carbocycles. The molecule has 2 aromatic carbocycles. The predicted octanol–water partition coefficient (Wildman–Crippen LogP) is 2.78. The van der Waals surface area contributed by atoms with Gasteiger partial charge < -0.3 is 20.3 Å². The number of anilines is 2. The van der Waals surface area contributed by atoms with Gasteiger partial charge in [0.15, 0.2) is 0 Å². The van der Waals surface area contributed by atoms with Crippen LogP contribution in [0.5, 0.6) is 0 Å². The third kappa shape index (κ3) is 3.97. The zero-order valence-electron chi connectivity index (χ0n) is 14.4. The molecule has 25 heavy (non-hydrogen) atoms. The van der Waals surface area contributed by atoms with Gasteiger partial charge in [-0.25, -0.2) is 4.98 Å². The molecule has 1 aromatic heterocycles. The lowest BCUT2D eigenvalue weighted by Crippen LogP contribution is -2.22. The van der Waals surface area contributed by atoms with E-state index in [1.165, 1.54) is 0 Å². The van der Waals surface area contributed by atoms with Crippen LogP contribution in [0.4, 0.5) is 11.6 Å². The van der Waals surface area contributed by atoms with E-state index in [0.717, 1.165) is 22.3 Å². The minimum atomic E-state index is -0.506. The highest BCUT2D eigenvalue weighted by atomic mass is 16.3. The van der Waals surface area contributed by atoms with Gasteiger partial charge >= 0.3 is 0 Å². The normalized spacial score (nSPS) is 12.1. The van der Waals surface area contributed by atoms with Gasteiger partial charge in [-0.05, 0) is 37.6 Å². The molecule has 1 atom stereocenters. The summed E-state index contributed by atoms with van der Waals surface area (Å²) in [7, 11) is 0. The lowest BCUT2D eigenvalue weighted by atomic mass is 10.2. The van der Waals surface area contributed by atoms with Gasteiger partial charge in [-0.3, -0.25) is 4.79 Å². The number of nitrogens with one attached hydrogen (secondary N) is 2. The van der Waals surface area contributed by atoms with Crippen molar-refractivity contribution in [1.82, 2.24) is 9.55 Å². The van der Waals surface area contributed by atoms with Crippen molar-refractivity contribution in [1.29, 1.82) is 0 Å². The lowest BCUT2D eigenvalue weighted by molar-refractivity contribution is -0.116. The number of amides is 1. The Bertz CT molecular complexity index is 886. The van der Waals surface area contributed by atoms with Gasteiger partial charge in [0.05, 0.1) is 17.1 Å². The number of para-hydroxylation sites is 3. The first-order valence-corrected chi connectivity index (χ1v) is 8.27. The van der Waals surface area contributed by atoms with Crippen LogP contribution in [0.2, 0.25) is 0 Å². The number of carbonyl (C=O) groups is 1. The SMILES string of the molecule is Cc1ccccc1NC(=O)Cn1c(NC[C@@H](C)O)nc2ccccc21. The minimum Gasteiger partial charge on any atom is -0.392 e. The maximum absolute atomic E-state index is 12.5. The fourth-order valence-electron chi connectivity index (χ4n) is 2.66. The molecule has 0 aliphatic rings. The van der Waals surface area contributed by atoms with Gasteiger partial charge in [0, 0.05) is 12.2 Å². The lowest BCUT2D eigenvalue weighted by Gasteiger charge is -2.13. The Morgan fingerprint density at radius 1 is 1.20 bits per heavy atom.